The van der Waals surface area contributed by atoms with Crippen molar-refractivity contribution in [2.45, 2.75) is 13.5 Å². The summed E-state index contributed by atoms with van der Waals surface area (Å²) in [7, 11) is 0. The van der Waals surface area contributed by atoms with Crippen molar-refractivity contribution >= 4 is 22.7 Å². The van der Waals surface area contributed by atoms with Crippen LogP contribution in [0.25, 0.3) is 11.0 Å². The van der Waals surface area contributed by atoms with Gasteiger partial charge < -0.3 is 0 Å². The third-order valence-corrected chi connectivity index (χ3v) is 3.14. The van der Waals surface area contributed by atoms with Gasteiger partial charge in [-0.3, -0.25) is 9.78 Å². The number of nitrogens with zero attached hydrogens (tertiary/aromatic N) is 5. The van der Waals surface area contributed by atoms with Gasteiger partial charge in [-0.2, -0.15) is 5.10 Å². The number of amides is 1. The van der Waals surface area contributed by atoms with Gasteiger partial charge in [0.25, 0.3) is 5.91 Å². The molecule has 0 bridgehead atoms. The van der Waals surface area contributed by atoms with E-state index >= 15 is 0 Å². The van der Waals surface area contributed by atoms with E-state index < -0.39 is 0 Å². The molecule has 7 heteroatoms. The first-order valence-corrected chi connectivity index (χ1v) is 6.76. The predicted molar refractivity (Wildman–Crippen MR) is 82.1 cm³/mol. The molecule has 2 heterocycles. The summed E-state index contributed by atoms with van der Waals surface area (Å²) < 4.78 is 1.54. The quantitative estimate of drug-likeness (QED) is 0.581. The minimum absolute atomic E-state index is 0.0599. The fourth-order valence-corrected chi connectivity index (χ4v) is 1.99. The van der Waals surface area contributed by atoms with Crippen LogP contribution in [0.2, 0.25) is 0 Å². The highest BCUT2D eigenvalue weighted by Crippen LogP contribution is 2.09. The maximum Gasteiger partial charge on any atom is 0.261 e. The van der Waals surface area contributed by atoms with Crippen molar-refractivity contribution in [1.82, 2.24) is 25.4 Å². The number of nitrogens with one attached hydrogen (secondary N) is 1. The molecule has 0 aliphatic carbocycles. The number of para-hydroxylation sites is 1. The van der Waals surface area contributed by atoms with Crippen molar-refractivity contribution < 1.29 is 4.79 Å². The van der Waals surface area contributed by atoms with Crippen LogP contribution in [0.5, 0.6) is 0 Å². The van der Waals surface area contributed by atoms with Crippen molar-refractivity contribution in [3.8, 4) is 0 Å². The molecule has 2 aromatic heterocycles. The van der Waals surface area contributed by atoms with E-state index in [1.807, 2.05) is 43.3 Å². The lowest BCUT2D eigenvalue weighted by atomic mass is 10.2. The smallest absolute Gasteiger partial charge is 0.261 e. The minimum atomic E-state index is -0.265. The average Bonchev–Trinajstić information content (AvgIpc) is 2.97. The summed E-state index contributed by atoms with van der Waals surface area (Å²) in [6.45, 7) is 1.87. The molecule has 0 radical (unpaired) electrons. The normalized spacial score (nSPS) is 11.6. The zero-order valence-corrected chi connectivity index (χ0v) is 12.0. The lowest BCUT2D eigenvalue weighted by molar-refractivity contribution is -0.121. The topological polar surface area (TPSA) is 85.1 Å². The standard InChI is InChI=1S/C15H14N6O/c1-11(12-5-4-8-16-9-12)17-19-15(22)10-21-14-7-3-2-6-13(14)18-20-21/h2-9H,10H2,1H3,(H,19,22)/b17-11+. The third-order valence-electron chi connectivity index (χ3n) is 3.14. The monoisotopic (exact) mass is 294 g/mol. The largest absolute Gasteiger partial charge is 0.271 e. The van der Waals surface area contributed by atoms with Crippen LogP contribution in [0.3, 0.4) is 0 Å². The fraction of sp³-hybridized carbons (Fsp3) is 0.133. The van der Waals surface area contributed by atoms with E-state index in [1.54, 1.807) is 17.1 Å². The van der Waals surface area contributed by atoms with Gasteiger partial charge >= 0.3 is 0 Å². The number of hydrogen-bond donors (Lipinski definition) is 1. The molecule has 1 N–H and O–H groups in total. The Hall–Kier alpha value is -3.09. The summed E-state index contributed by atoms with van der Waals surface area (Å²) in [5.74, 6) is -0.265. The number of benzene rings is 1. The van der Waals surface area contributed by atoms with Crippen molar-refractivity contribution in [2.75, 3.05) is 0 Å². The van der Waals surface area contributed by atoms with Gasteiger partial charge in [-0.1, -0.05) is 23.4 Å². The summed E-state index contributed by atoms with van der Waals surface area (Å²) in [5, 5.41) is 12.0. The van der Waals surface area contributed by atoms with Gasteiger partial charge in [0, 0.05) is 18.0 Å². The molecule has 0 aliphatic rings. The van der Waals surface area contributed by atoms with Crippen molar-refractivity contribution in [2.24, 2.45) is 5.10 Å². The lowest BCUT2D eigenvalue weighted by Gasteiger charge is -2.03. The van der Waals surface area contributed by atoms with Crippen LogP contribution in [-0.2, 0) is 11.3 Å². The Bertz CT molecular complexity index is 824. The van der Waals surface area contributed by atoms with Crippen LogP contribution in [0.15, 0.2) is 53.9 Å². The SMILES string of the molecule is C/C(=N\NC(=O)Cn1nnc2ccccc21)c1cccnc1. The minimum Gasteiger partial charge on any atom is -0.271 e. The Morgan fingerprint density at radius 1 is 1.27 bits per heavy atom. The molecule has 0 fully saturated rings. The van der Waals surface area contributed by atoms with Crippen LogP contribution in [0, 0.1) is 0 Å². The fourth-order valence-electron chi connectivity index (χ4n) is 1.99. The summed E-state index contributed by atoms with van der Waals surface area (Å²) in [6, 6.07) is 11.2. The first-order chi connectivity index (χ1) is 10.7. The second-order valence-electron chi connectivity index (χ2n) is 4.71. The first kappa shape index (κ1) is 13.9. The lowest BCUT2D eigenvalue weighted by Crippen LogP contribution is -2.24. The van der Waals surface area contributed by atoms with E-state index in [0.29, 0.717) is 5.71 Å². The molecule has 1 amide bonds. The van der Waals surface area contributed by atoms with Crippen LogP contribution in [0.4, 0.5) is 0 Å². The zero-order valence-electron chi connectivity index (χ0n) is 12.0. The summed E-state index contributed by atoms with van der Waals surface area (Å²) >= 11 is 0. The molecule has 1 aromatic carbocycles. The number of pyridine rings is 1. The molecular weight excluding hydrogens is 280 g/mol. The van der Waals surface area contributed by atoms with E-state index in [0.717, 1.165) is 16.6 Å². The zero-order chi connectivity index (χ0) is 15.4. The molecule has 3 rings (SSSR count). The Kier molecular flexibility index (Phi) is 3.86. The van der Waals surface area contributed by atoms with E-state index in [2.05, 4.69) is 25.8 Å². The number of aromatic nitrogens is 4. The molecule has 0 unspecified atom stereocenters. The number of hydrogen-bond acceptors (Lipinski definition) is 5. The predicted octanol–water partition coefficient (Wildman–Crippen LogP) is 1.37. The Morgan fingerprint density at radius 3 is 2.95 bits per heavy atom. The maximum absolute atomic E-state index is 12.0. The van der Waals surface area contributed by atoms with Gasteiger partial charge in [0.05, 0.1) is 11.2 Å². The number of carbonyl (C=O) groups is 1. The van der Waals surface area contributed by atoms with E-state index in [4.69, 9.17) is 0 Å². The molecule has 0 atom stereocenters. The summed E-state index contributed by atoms with van der Waals surface area (Å²) in [5.41, 5.74) is 5.62. The third kappa shape index (κ3) is 2.98. The second kappa shape index (κ2) is 6.13. The molecule has 0 saturated carbocycles. The number of carbonyl (C=O) groups excluding carboxylic acids is 1. The number of fused-ring (bicyclic) bond motifs is 1. The first-order valence-electron chi connectivity index (χ1n) is 6.76. The van der Waals surface area contributed by atoms with E-state index in [1.165, 1.54) is 0 Å². The van der Waals surface area contributed by atoms with E-state index in [9.17, 15) is 4.79 Å². The second-order valence-corrected chi connectivity index (χ2v) is 4.71. The van der Waals surface area contributed by atoms with Gasteiger partial charge in [-0.25, -0.2) is 10.1 Å². The van der Waals surface area contributed by atoms with Gasteiger partial charge in [0.2, 0.25) is 0 Å². The molecule has 0 saturated heterocycles. The Balaban J connectivity index is 1.68. The molecule has 7 nitrogen and oxygen atoms in total. The highest BCUT2D eigenvalue weighted by atomic mass is 16.2. The highest BCUT2D eigenvalue weighted by molar-refractivity contribution is 5.98. The maximum atomic E-state index is 12.0. The van der Waals surface area contributed by atoms with Crippen molar-refractivity contribution in [3.05, 3.63) is 54.4 Å². The summed E-state index contributed by atoms with van der Waals surface area (Å²) in [6.07, 6.45) is 3.38. The van der Waals surface area contributed by atoms with Gasteiger partial charge in [-0.05, 0) is 25.1 Å². The van der Waals surface area contributed by atoms with Gasteiger partial charge in [-0.15, -0.1) is 5.10 Å². The van der Waals surface area contributed by atoms with Crippen LogP contribution >= 0.6 is 0 Å². The summed E-state index contributed by atoms with van der Waals surface area (Å²) in [4.78, 5) is 16.0. The molecule has 3 aromatic rings. The van der Waals surface area contributed by atoms with Gasteiger partial charge in [0.15, 0.2) is 0 Å². The molecule has 110 valence electrons. The Labute approximate surface area is 126 Å². The number of rotatable bonds is 4. The van der Waals surface area contributed by atoms with Crippen LogP contribution < -0.4 is 5.43 Å². The van der Waals surface area contributed by atoms with Crippen molar-refractivity contribution in [3.63, 3.8) is 0 Å². The van der Waals surface area contributed by atoms with Crippen LogP contribution in [-0.4, -0.2) is 31.6 Å². The highest BCUT2D eigenvalue weighted by Gasteiger charge is 2.08. The van der Waals surface area contributed by atoms with Crippen molar-refractivity contribution in [1.29, 1.82) is 0 Å². The van der Waals surface area contributed by atoms with Gasteiger partial charge in [0.1, 0.15) is 12.1 Å². The van der Waals surface area contributed by atoms with E-state index in [-0.39, 0.29) is 12.5 Å². The molecular formula is C15H14N6O. The van der Waals surface area contributed by atoms with Crippen LogP contribution in [0.1, 0.15) is 12.5 Å². The molecule has 0 aliphatic heterocycles. The average molecular weight is 294 g/mol. The molecule has 0 spiro atoms. The molecule has 22 heavy (non-hydrogen) atoms. The number of hydrazone groups is 1. The Morgan fingerprint density at radius 2 is 2.14 bits per heavy atom.